The first kappa shape index (κ1) is 11.1. The number of benzene rings is 1. The van der Waals surface area contributed by atoms with E-state index in [-0.39, 0.29) is 12.4 Å². The molecule has 86 valence electrons. The van der Waals surface area contributed by atoms with Gasteiger partial charge in [0.2, 0.25) is 0 Å². The maximum absolute atomic E-state index is 13.0. The minimum atomic E-state index is -0.403. The van der Waals surface area contributed by atoms with Crippen molar-refractivity contribution in [1.29, 1.82) is 0 Å². The molecule has 0 aliphatic heterocycles. The fourth-order valence-corrected chi connectivity index (χ4v) is 1.41. The number of nitrogens with one attached hydrogen (secondary N) is 1. The molecular weight excluding hydrogens is 223 g/mol. The summed E-state index contributed by atoms with van der Waals surface area (Å²) in [6, 6.07) is 4.10. The van der Waals surface area contributed by atoms with Crippen molar-refractivity contribution in [1.82, 2.24) is 10.5 Å². The smallest absolute Gasteiger partial charge is 0.296 e. The summed E-state index contributed by atoms with van der Waals surface area (Å²) in [4.78, 5) is 11.1. The van der Waals surface area contributed by atoms with Crippen molar-refractivity contribution in [3.63, 3.8) is 0 Å². The number of aromatic nitrogens is 1. The molecule has 0 aliphatic rings. The van der Waals surface area contributed by atoms with Crippen LogP contribution in [0.25, 0.3) is 11.0 Å². The van der Waals surface area contributed by atoms with Gasteiger partial charge in [0.25, 0.3) is 5.91 Å². The Morgan fingerprint density at radius 3 is 3.18 bits per heavy atom. The average Bonchev–Trinajstić information content (AvgIpc) is 2.69. The number of carbonyl (C=O) groups excluding carboxylic acids is 1. The van der Waals surface area contributed by atoms with E-state index in [0.717, 1.165) is 0 Å². The van der Waals surface area contributed by atoms with Crippen LogP contribution in [0.5, 0.6) is 0 Å². The van der Waals surface area contributed by atoms with Crippen molar-refractivity contribution < 1.29 is 13.7 Å². The molecule has 4 nitrogen and oxygen atoms in total. The zero-order valence-corrected chi connectivity index (χ0v) is 9.08. The molecule has 0 bridgehead atoms. The van der Waals surface area contributed by atoms with Crippen LogP contribution in [0.2, 0.25) is 0 Å². The highest BCUT2D eigenvalue weighted by molar-refractivity contribution is 5.93. The number of hydrogen-bond donors (Lipinski definition) is 1. The molecule has 1 aromatic carbocycles. The lowest BCUT2D eigenvalue weighted by Gasteiger charge is -1.96. The number of carbonyl (C=O) groups is 1. The molecule has 2 rings (SSSR count). The molecule has 17 heavy (non-hydrogen) atoms. The molecule has 0 saturated heterocycles. The van der Waals surface area contributed by atoms with Gasteiger partial charge in [-0.15, -0.1) is 0 Å². The third-order valence-corrected chi connectivity index (χ3v) is 2.16. The summed E-state index contributed by atoms with van der Waals surface area (Å²) in [5, 5.41) is 6.85. The van der Waals surface area contributed by atoms with Crippen molar-refractivity contribution >= 4 is 16.9 Å². The van der Waals surface area contributed by atoms with Gasteiger partial charge >= 0.3 is 0 Å². The Balaban J connectivity index is 2.20. The molecular formula is C12H9FN2O2. The lowest BCUT2D eigenvalue weighted by atomic mass is 10.2. The Kier molecular flexibility index (Phi) is 3.06. The Labute approximate surface area is 96.8 Å². The number of fused-ring (bicyclic) bond motifs is 1. The van der Waals surface area contributed by atoms with E-state index in [1.165, 1.54) is 18.2 Å². The molecule has 1 aromatic heterocycles. The van der Waals surface area contributed by atoms with Gasteiger partial charge < -0.3 is 9.84 Å². The van der Waals surface area contributed by atoms with Crippen LogP contribution in [-0.4, -0.2) is 11.1 Å². The van der Waals surface area contributed by atoms with E-state index in [4.69, 9.17) is 4.52 Å². The van der Waals surface area contributed by atoms with Gasteiger partial charge in [-0.2, -0.15) is 0 Å². The summed E-state index contributed by atoms with van der Waals surface area (Å²) in [5.41, 5.74) is 0.961. The number of hydrogen-bond acceptors (Lipinski definition) is 3. The van der Waals surface area contributed by atoms with Crippen LogP contribution in [-0.2, 0) is 11.3 Å². The van der Waals surface area contributed by atoms with E-state index in [1.54, 1.807) is 6.92 Å². The lowest BCUT2D eigenvalue weighted by molar-refractivity contribution is -0.115. The number of amides is 1. The summed E-state index contributed by atoms with van der Waals surface area (Å²) in [6.45, 7) is 1.73. The molecule has 1 amide bonds. The Morgan fingerprint density at radius 2 is 2.41 bits per heavy atom. The number of rotatable bonds is 2. The van der Waals surface area contributed by atoms with Gasteiger partial charge in [-0.25, -0.2) is 4.39 Å². The second-order valence-electron chi connectivity index (χ2n) is 3.33. The Hall–Kier alpha value is -2.35. The molecule has 0 radical (unpaired) electrons. The van der Waals surface area contributed by atoms with Crippen molar-refractivity contribution in [3.05, 3.63) is 29.7 Å². The van der Waals surface area contributed by atoms with Crippen molar-refractivity contribution in [3.8, 4) is 11.8 Å². The van der Waals surface area contributed by atoms with Crippen molar-refractivity contribution in [2.75, 3.05) is 0 Å². The van der Waals surface area contributed by atoms with Crippen molar-refractivity contribution in [2.45, 2.75) is 13.5 Å². The highest BCUT2D eigenvalue weighted by atomic mass is 19.1. The molecule has 0 spiro atoms. The maximum Gasteiger partial charge on any atom is 0.296 e. The van der Waals surface area contributed by atoms with Crippen LogP contribution in [0.4, 0.5) is 4.39 Å². The van der Waals surface area contributed by atoms with E-state index < -0.39 is 5.91 Å². The average molecular weight is 232 g/mol. The summed E-state index contributed by atoms with van der Waals surface area (Å²) in [5.74, 6) is 4.04. The standard InChI is InChI=1S/C12H9FN2O2/c1-2-3-12(16)14-7-10-9-6-8(13)4-5-11(9)17-15-10/h4-6H,7H2,1H3,(H,14,16). The highest BCUT2D eigenvalue weighted by Gasteiger charge is 2.09. The van der Waals surface area contributed by atoms with Gasteiger partial charge in [0.15, 0.2) is 5.58 Å². The van der Waals surface area contributed by atoms with Gasteiger partial charge in [-0.3, -0.25) is 4.79 Å². The largest absolute Gasteiger partial charge is 0.356 e. The molecule has 1 N–H and O–H groups in total. The predicted molar refractivity (Wildman–Crippen MR) is 59.3 cm³/mol. The lowest BCUT2D eigenvalue weighted by Crippen LogP contribution is -2.20. The van der Waals surface area contributed by atoms with Crippen molar-refractivity contribution in [2.24, 2.45) is 0 Å². The molecule has 1 heterocycles. The van der Waals surface area contributed by atoms with Crippen LogP contribution in [0.15, 0.2) is 22.7 Å². The zero-order chi connectivity index (χ0) is 12.3. The summed E-state index contributed by atoms with van der Waals surface area (Å²) in [7, 11) is 0. The zero-order valence-electron chi connectivity index (χ0n) is 9.08. The number of nitrogens with zero attached hydrogens (tertiary/aromatic N) is 1. The quantitative estimate of drug-likeness (QED) is 0.800. The van der Waals surface area contributed by atoms with Gasteiger partial charge in [0, 0.05) is 5.39 Å². The molecule has 0 saturated carbocycles. The summed E-state index contributed by atoms with van der Waals surface area (Å²) in [6.07, 6.45) is 0. The fraction of sp³-hybridized carbons (Fsp3) is 0.167. The first-order chi connectivity index (χ1) is 8.20. The van der Waals surface area contributed by atoms with Crippen LogP contribution in [0.3, 0.4) is 0 Å². The summed E-state index contributed by atoms with van der Waals surface area (Å²) >= 11 is 0. The third-order valence-electron chi connectivity index (χ3n) is 2.16. The summed E-state index contributed by atoms with van der Waals surface area (Å²) < 4.78 is 18.0. The molecule has 2 aromatic rings. The normalized spacial score (nSPS) is 9.76. The first-order valence-corrected chi connectivity index (χ1v) is 4.95. The topological polar surface area (TPSA) is 55.1 Å². The Morgan fingerprint density at radius 1 is 1.59 bits per heavy atom. The molecule has 0 fully saturated rings. The second-order valence-corrected chi connectivity index (χ2v) is 3.33. The van der Waals surface area contributed by atoms with E-state index >= 15 is 0 Å². The second kappa shape index (κ2) is 4.66. The number of halogens is 1. The van der Waals surface area contributed by atoms with Crippen LogP contribution in [0.1, 0.15) is 12.6 Å². The van der Waals surface area contributed by atoms with Crippen LogP contribution >= 0.6 is 0 Å². The van der Waals surface area contributed by atoms with Gasteiger partial charge in [-0.1, -0.05) is 11.1 Å². The van der Waals surface area contributed by atoms with E-state index in [1.807, 2.05) is 0 Å². The molecule has 0 unspecified atom stereocenters. The van der Waals surface area contributed by atoms with Gasteiger partial charge in [0.05, 0.1) is 6.54 Å². The SMILES string of the molecule is CC#CC(=O)NCc1noc2ccc(F)cc12. The first-order valence-electron chi connectivity index (χ1n) is 4.95. The van der Waals surface area contributed by atoms with Gasteiger partial charge in [-0.05, 0) is 31.0 Å². The minimum absolute atomic E-state index is 0.157. The minimum Gasteiger partial charge on any atom is -0.356 e. The van der Waals surface area contributed by atoms with Gasteiger partial charge in [0.1, 0.15) is 11.5 Å². The Bertz CT molecular complexity index is 622. The molecule has 5 heteroatoms. The molecule has 0 aliphatic carbocycles. The maximum atomic E-state index is 13.0. The predicted octanol–water partition coefficient (Wildman–Crippen LogP) is 1.61. The van der Waals surface area contributed by atoms with Crippen LogP contribution in [0, 0.1) is 17.7 Å². The molecule has 0 atom stereocenters. The van der Waals surface area contributed by atoms with E-state index in [0.29, 0.717) is 16.7 Å². The van der Waals surface area contributed by atoms with E-state index in [9.17, 15) is 9.18 Å². The third kappa shape index (κ3) is 2.42. The van der Waals surface area contributed by atoms with Crippen LogP contribution < -0.4 is 5.32 Å². The monoisotopic (exact) mass is 232 g/mol. The fourth-order valence-electron chi connectivity index (χ4n) is 1.41. The highest BCUT2D eigenvalue weighted by Crippen LogP contribution is 2.19. The van der Waals surface area contributed by atoms with E-state index in [2.05, 4.69) is 22.3 Å².